The highest BCUT2D eigenvalue weighted by Crippen LogP contribution is 2.17. The van der Waals surface area contributed by atoms with Gasteiger partial charge in [-0.15, -0.1) is 0 Å². The minimum absolute atomic E-state index is 0.100. The van der Waals surface area contributed by atoms with Crippen molar-refractivity contribution in [2.45, 2.75) is 31.7 Å². The van der Waals surface area contributed by atoms with E-state index in [-0.39, 0.29) is 23.2 Å². The van der Waals surface area contributed by atoms with Gasteiger partial charge in [0.1, 0.15) is 5.75 Å². The fraction of sp³-hybridized carbons (Fsp3) is 0.353. The Balaban J connectivity index is 2.24. The maximum absolute atomic E-state index is 12.2. The lowest BCUT2D eigenvalue weighted by molar-refractivity contribution is -0.117. The molecule has 2 bridgehead atoms. The predicted octanol–water partition coefficient (Wildman–Crippen LogP) is 3.05. The lowest BCUT2D eigenvalue weighted by atomic mass is 10.0. The van der Waals surface area contributed by atoms with Gasteiger partial charge in [0.05, 0.1) is 23.9 Å². The maximum Gasteiger partial charge on any atom is 0.253 e. The summed E-state index contributed by atoms with van der Waals surface area (Å²) in [5, 5.41) is 12.6. The van der Waals surface area contributed by atoms with Gasteiger partial charge in [-0.3, -0.25) is 10.2 Å². The Morgan fingerprint density at radius 3 is 2.95 bits per heavy atom. The molecule has 0 aromatic heterocycles. The van der Waals surface area contributed by atoms with Crippen molar-refractivity contribution in [2.75, 3.05) is 6.61 Å². The third-order valence-electron chi connectivity index (χ3n) is 3.61. The minimum atomic E-state index is -0.348. The molecule has 0 fully saturated rings. The molecule has 2 rings (SSSR count). The smallest absolute Gasteiger partial charge is 0.253 e. The van der Waals surface area contributed by atoms with Crippen LogP contribution in [-0.2, 0) is 4.79 Å². The number of hydrogen-bond acceptors (Lipinski definition) is 4. The molecule has 1 aliphatic heterocycles. The van der Waals surface area contributed by atoms with Crippen molar-refractivity contribution in [2.24, 2.45) is 0 Å². The monoisotopic (exact) mass is 316 g/mol. The average Bonchev–Trinajstić information content (AvgIpc) is 2.54. The first kappa shape index (κ1) is 16.4. The molecule has 1 heterocycles. The fourth-order valence-corrected chi connectivity index (χ4v) is 2.50. The van der Waals surface area contributed by atoms with Gasteiger partial charge in [0.2, 0.25) is 0 Å². The van der Waals surface area contributed by atoms with E-state index in [1.165, 1.54) is 0 Å². The number of hydrogen-bond donors (Lipinski definition) is 2. The van der Waals surface area contributed by atoms with Crippen LogP contribution in [0.5, 0.6) is 5.75 Å². The molecular weight excluding hydrogens is 296 g/mol. The van der Waals surface area contributed by atoms with E-state index in [9.17, 15) is 4.79 Å². The Labute approximate surface area is 136 Å². The van der Waals surface area contributed by atoms with Gasteiger partial charge in [-0.1, -0.05) is 37.4 Å². The molecule has 1 aliphatic rings. The zero-order valence-corrected chi connectivity index (χ0v) is 13.2. The Morgan fingerprint density at radius 1 is 1.36 bits per heavy atom. The number of fused-ring (bicyclic) bond motifs is 2. The van der Waals surface area contributed by atoms with Crippen LogP contribution < -0.4 is 10.1 Å². The van der Waals surface area contributed by atoms with E-state index in [0.29, 0.717) is 17.9 Å². The number of nitrogens with one attached hydrogen (secondary N) is 2. The molecule has 0 aliphatic carbocycles. The molecule has 0 radical (unpaired) electrons. The molecule has 0 saturated carbocycles. The molecule has 1 amide bonds. The van der Waals surface area contributed by atoms with Crippen LogP contribution in [0.4, 0.5) is 0 Å². The van der Waals surface area contributed by atoms with Crippen molar-refractivity contribution in [3.8, 4) is 5.75 Å². The first-order valence-corrected chi connectivity index (χ1v) is 7.86. The second-order valence-corrected chi connectivity index (χ2v) is 5.57. The van der Waals surface area contributed by atoms with Crippen molar-refractivity contribution < 1.29 is 9.53 Å². The number of thiocarbonyl (C=S) groups is 1. The van der Waals surface area contributed by atoms with Crippen LogP contribution in [0, 0.1) is 5.41 Å². The van der Waals surface area contributed by atoms with Crippen LogP contribution in [0.15, 0.2) is 36.4 Å². The Hall–Kier alpha value is -2.01. The highest BCUT2D eigenvalue weighted by molar-refractivity contribution is 7.79. The van der Waals surface area contributed by atoms with Crippen molar-refractivity contribution in [1.29, 1.82) is 5.41 Å². The lowest BCUT2D eigenvalue weighted by Gasteiger charge is -2.17. The molecule has 0 saturated heterocycles. The first-order chi connectivity index (χ1) is 10.6. The number of rotatable bonds is 1. The van der Waals surface area contributed by atoms with Gasteiger partial charge in [0.25, 0.3) is 5.91 Å². The van der Waals surface area contributed by atoms with E-state index in [1.54, 1.807) is 17.5 Å². The fourth-order valence-electron chi connectivity index (χ4n) is 2.29. The van der Waals surface area contributed by atoms with Crippen molar-refractivity contribution in [3.05, 3.63) is 42.0 Å². The summed E-state index contributed by atoms with van der Waals surface area (Å²) in [5.41, 5.74) is 0.854. The zero-order valence-electron chi connectivity index (χ0n) is 12.4. The van der Waals surface area contributed by atoms with Crippen molar-refractivity contribution >= 4 is 29.2 Å². The van der Waals surface area contributed by atoms with Crippen LogP contribution in [0.1, 0.15) is 31.2 Å². The van der Waals surface area contributed by atoms with Gasteiger partial charge < -0.3 is 10.1 Å². The molecule has 0 spiro atoms. The number of carbonyl (C=O) groups excluding carboxylic acids is 1. The van der Waals surface area contributed by atoms with E-state index in [1.807, 2.05) is 12.1 Å². The third kappa shape index (κ3) is 4.24. The van der Waals surface area contributed by atoms with Crippen LogP contribution in [-0.4, -0.2) is 29.6 Å². The van der Waals surface area contributed by atoms with Gasteiger partial charge >= 0.3 is 0 Å². The lowest BCUT2D eigenvalue weighted by Crippen LogP contribution is -2.37. The quantitative estimate of drug-likeness (QED) is 0.618. The maximum atomic E-state index is 12.2. The highest BCUT2D eigenvalue weighted by atomic mass is 32.1. The van der Waals surface area contributed by atoms with E-state index in [0.717, 1.165) is 25.7 Å². The number of amides is 1. The molecule has 5 heteroatoms. The van der Waals surface area contributed by atoms with Gasteiger partial charge in [-0.05, 0) is 31.4 Å². The topological polar surface area (TPSA) is 62.2 Å². The number of carbonyl (C=O) groups is 1. The summed E-state index contributed by atoms with van der Waals surface area (Å²) in [5.74, 6) is 0.365. The van der Waals surface area contributed by atoms with Gasteiger partial charge in [0.15, 0.2) is 0 Å². The number of benzene rings is 1. The molecule has 22 heavy (non-hydrogen) atoms. The molecular formula is C17H20N2O2S. The van der Waals surface area contributed by atoms with Crippen LogP contribution >= 0.6 is 12.2 Å². The summed E-state index contributed by atoms with van der Waals surface area (Å²) in [6.07, 6.45) is 3.73. The summed E-state index contributed by atoms with van der Waals surface area (Å²) in [6, 6.07) is 7.05. The average molecular weight is 316 g/mol. The highest BCUT2D eigenvalue weighted by Gasteiger charge is 2.17. The summed E-state index contributed by atoms with van der Waals surface area (Å²) < 4.78 is 5.70. The van der Waals surface area contributed by atoms with Gasteiger partial charge in [-0.25, -0.2) is 0 Å². The molecule has 1 aromatic rings. The van der Waals surface area contributed by atoms with Crippen LogP contribution in [0.3, 0.4) is 0 Å². The van der Waals surface area contributed by atoms with E-state index >= 15 is 0 Å². The SMILES string of the molecule is C=C1C(=N)c2cccc(c2)OCCCCC[C@@H](C=S)NC1=O. The van der Waals surface area contributed by atoms with Crippen molar-refractivity contribution in [1.82, 2.24) is 5.32 Å². The van der Waals surface area contributed by atoms with Crippen molar-refractivity contribution in [3.63, 3.8) is 0 Å². The molecule has 1 atom stereocenters. The molecule has 116 valence electrons. The summed E-state index contributed by atoms with van der Waals surface area (Å²) in [7, 11) is 0. The van der Waals surface area contributed by atoms with Crippen LogP contribution in [0.25, 0.3) is 0 Å². The van der Waals surface area contributed by atoms with Gasteiger partial charge in [0, 0.05) is 10.9 Å². The first-order valence-electron chi connectivity index (χ1n) is 7.39. The Bertz CT molecular complexity index is 598. The largest absolute Gasteiger partial charge is 0.494 e. The predicted molar refractivity (Wildman–Crippen MR) is 92.0 cm³/mol. The zero-order chi connectivity index (χ0) is 15.9. The van der Waals surface area contributed by atoms with E-state index in [4.69, 9.17) is 22.4 Å². The minimum Gasteiger partial charge on any atom is -0.494 e. The second-order valence-electron chi connectivity index (χ2n) is 5.30. The number of ether oxygens (including phenoxy) is 1. The Kier molecular flexibility index (Phi) is 5.83. The summed E-state index contributed by atoms with van der Waals surface area (Å²) in [4.78, 5) is 12.2. The molecule has 2 N–H and O–H groups in total. The van der Waals surface area contributed by atoms with E-state index < -0.39 is 0 Å². The second kappa shape index (κ2) is 7.84. The third-order valence-corrected chi connectivity index (χ3v) is 3.94. The van der Waals surface area contributed by atoms with Gasteiger partial charge in [-0.2, -0.15) is 0 Å². The van der Waals surface area contributed by atoms with E-state index in [2.05, 4.69) is 11.9 Å². The molecule has 1 aromatic carbocycles. The van der Waals surface area contributed by atoms with Crippen LogP contribution in [0.2, 0.25) is 0 Å². The summed E-state index contributed by atoms with van der Waals surface area (Å²) in [6.45, 7) is 4.39. The summed E-state index contributed by atoms with van der Waals surface area (Å²) >= 11 is 4.98. The Morgan fingerprint density at radius 2 is 2.18 bits per heavy atom. The standard InChI is InChI=1S/C17H20N2O2S/c1-12-16(18)13-6-5-8-15(10-13)21-9-4-2-3-7-14(11-22)19-17(12)20/h5-6,8,10-11,14,18H,1-4,7,9H2,(H,19,20)/t14-/m0/s1. The molecule has 0 unspecified atom stereocenters. The normalized spacial score (nSPS) is 20.5. The molecule has 4 nitrogen and oxygen atoms in total.